The molecule has 0 fully saturated rings. The largest absolute Gasteiger partial charge is 0.497 e. The second-order valence-corrected chi connectivity index (χ2v) is 6.76. The Labute approximate surface area is 150 Å². The van der Waals surface area contributed by atoms with Gasteiger partial charge in [-0.1, -0.05) is 12.1 Å². The first-order valence-corrected chi connectivity index (χ1v) is 8.80. The van der Waals surface area contributed by atoms with Crippen LogP contribution in [0, 0.1) is 0 Å². The van der Waals surface area contributed by atoms with E-state index in [1.165, 1.54) is 24.5 Å². The standard InChI is InChI=1S/C19H19NO4S/c1-23-13-6-3-5-12(11-13)9-10-16(21)20-18-17(19(22)24-2)14-7-4-8-15(14)25-18/h3,5-6,9-11H,4,7-8H2,1-2H3,(H,20,21)/b10-9+. The molecule has 1 aliphatic rings. The predicted molar refractivity (Wildman–Crippen MR) is 98.3 cm³/mol. The number of anilines is 1. The number of hydrogen-bond donors (Lipinski definition) is 1. The van der Waals surface area contributed by atoms with Crippen molar-refractivity contribution in [2.75, 3.05) is 19.5 Å². The lowest BCUT2D eigenvalue weighted by atomic mass is 10.1. The quantitative estimate of drug-likeness (QED) is 0.655. The van der Waals surface area contributed by atoms with Gasteiger partial charge in [-0.3, -0.25) is 4.79 Å². The van der Waals surface area contributed by atoms with E-state index in [0.29, 0.717) is 10.6 Å². The third kappa shape index (κ3) is 3.74. The van der Waals surface area contributed by atoms with Gasteiger partial charge in [0.25, 0.3) is 0 Å². The van der Waals surface area contributed by atoms with Crippen molar-refractivity contribution >= 4 is 34.3 Å². The number of nitrogens with one attached hydrogen (secondary N) is 1. The van der Waals surface area contributed by atoms with Crippen LogP contribution >= 0.6 is 11.3 Å². The first-order chi connectivity index (χ1) is 12.1. The monoisotopic (exact) mass is 357 g/mol. The van der Waals surface area contributed by atoms with Crippen molar-refractivity contribution < 1.29 is 19.1 Å². The van der Waals surface area contributed by atoms with E-state index >= 15 is 0 Å². The van der Waals surface area contributed by atoms with Crippen LogP contribution in [0.3, 0.4) is 0 Å². The molecule has 0 atom stereocenters. The number of ether oxygens (including phenoxy) is 2. The van der Waals surface area contributed by atoms with Crippen molar-refractivity contribution in [2.45, 2.75) is 19.3 Å². The Morgan fingerprint density at radius 3 is 2.84 bits per heavy atom. The van der Waals surface area contributed by atoms with Gasteiger partial charge >= 0.3 is 5.97 Å². The van der Waals surface area contributed by atoms with Crippen molar-refractivity contribution in [3.05, 3.63) is 51.9 Å². The van der Waals surface area contributed by atoms with Crippen molar-refractivity contribution in [2.24, 2.45) is 0 Å². The van der Waals surface area contributed by atoms with Crippen LogP contribution in [-0.4, -0.2) is 26.1 Å². The van der Waals surface area contributed by atoms with Crippen LogP contribution in [0.5, 0.6) is 5.75 Å². The molecule has 2 aromatic rings. The van der Waals surface area contributed by atoms with Crippen molar-refractivity contribution in [1.82, 2.24) is 0 Å². The van der Waals surface area contributed by atoms with Crippen molar-refractivity contribution in [3.63, 3.8) is 0 Å². The molecule has 0 aliphatic heterocycles. The lowest BCUT2D eigenvalue weighted by Crippen LogP contribution is -2.12. The molecule has 1 aromatic carbocycles. The molecule has 0 unspecified atom stereocenters. The first kappa shape index (κ1) is 17.2. The number of methoxy groups -OCH3 is 2. The Kier molecular flexibility index (Phi) is 5.19. The summed E-state index contributed by atoms with van der Waals surface area (Å²) in [5.74, 6) is 0.0459. The molecule has 130 valence electrons. The molecule has 1 heterocycles. The topological polar surface area (TPSA) is 64.6 Å². The molecule has 0 saturated heterocycles. The van der Waals surface area contributed by atoms with E-state index in [1.54, 1.807) is 13.2 Å². The average molecular weight is 357 g/mol. The molecule has 0 bridgehead atoms. The summed E-state index contributed by atoms with van der Waals surface area (Å²) in [5.41, 5.74) is 2.38. The number of hydrogen-bond acceptors (Lipinski definition) is 5. The fraction of sp³-hybridized carbons (Fsp3) is 0.263. The van der Waals surface area contributed by atoms with E-state index in [-0.39, 0.29) is 5.91 Å². The molecule has 0 radical (unpaired) electrons. The minimum absolute atomic E-state index is 0.284. The maximum atomic E-state index is 12.3. The van der Waals surface area contributed by atoms with E-state index in [4.69, 9.17) is 9.47 Å². The second-order valence-electron chi connectivity index (χ2n) is 5.65. The molecule has 25 heavy (non-hydrogen) atoms. The molecule has 3 rings (SSSR count). The Morgan fingerprint density at radius 2 is 2.08 bits per heavy atom. The highest BCUT2D eigenvalue weighted by atomic mass is 32.1. The highest BCUT2D eigenvalue weighted by molar-refractivity contribution is 7.17. The lowest BCUT2D eigenvalue weighted by Gasteiger charge is -2.05. The number of carbonyl (C=O) groups is 2. The van der Waals surface area contributed by atoms with E-state index in [9.17, 15) is 9.59 Å². The van der Waals surface area contributed by atoms with Gasteiger partial charge in [0.2, 0.25) is 5.91 Å². The molecule has 0 saturated carbocycles. The van der Waals surface area contributed by atoms with Crippen molar-refractivity contribution in [3.8, 4) is 5.75 Å². The lowest BCUT2D eigenvalue weighted by molar-refractivity contribution is -0.111. The van der Waals surface area contributed by atoms with Gasteiger partial charge in [-0.2, -0.15) is 0 Å². The van der Waals surface area contributed by atoms with Gasteiger partial charge in [0.15, 0.2) is 0 Å². The van der Waals surface area contributed by atoms with Gasteiger partial charge in [0.05, 0.1) is 19.8 Å². The van der Waals surface area contributed by atoms with E-state index in [1.807, 2.05) is 24.3 Å². The maximum absolute atomic E-state index is 12.3. The number of thiophene rings is 1. The number of esters is 1. The zero-order chi connectivity index (χ0) is 17.8. The van der Waals surface area contributed by atoms with E-state index < -0.39 is 5.97 Å². The summed E-state index contributed by atoms with van der Waals surface area (Å²) in [5, 5.41) is 3.38. The summed E-state index contributed by atoms with van der Waals surface area (Å²) >= 11 is 1.46. The van der Waals surface area contributed by atoms with Crippen LogP contribution in [0.1, 0.15) is 32.8 Å². The van der Waals surface area contributed by atoms with Gasteiger partial charge in [-0.05, 0) is 48.6 Å². The van der Waals surface area contributed by atoms with Gasteiger partial charge in [0.1, 0.15) is 10.8 Å². The van der Waals surface area contributed by atoms with Crippen LogP contribution in [0.2, 0.25) is 0 Å². The molecule has 0 spiro atoms. The Hall–Kier alpha value is -2.60. The smallest absolute Gasteiger partial charge is 0.341 e. The van der Waals surface area contributed by atoms with Crippen LogP contribution in [0.15, 0.2) is 30.3 Å². The summed E-state index contributed by atoms with van der Waals surface area (Å²) in [4.78, 5) is 25.5. The zero-order valence-corrected chi connectivity index (χ0v) is 14.9. The van der Waals surface area contributed by atoms with Gasteiger partial charge < -0.3 is 14.8 Å². The molecular formula is C19H19NO4S. The predicted octanol–water partition coefficient (Wildman–Crippen LogP) is 3.68. The van der Waals surface area contributed by atoms with E-state index in [2.05, 4.69) is 5.32 Å². The fourth-order valence-corrected chi connectivity index (χ4v) is 4.16. The molecule has 1 aliphatic carbocycles. The second kappa shape index (κ2) is 7.53. The van der Waals surface area contributed by atoms with E-state index in [0.717, 1.165) is 41.0 Å². The van der Waals surface area contributed by atoms with Crippen LogP contribution in [-0.2, 0) is 22.4 Å². The number of rotatable bonds is 5. The fourth-order valence-electron chi connectivity index (χ4n) is 2.88. The third-order valence-corrected chi connectivity index (χ3v) is 5.28. The Balaban J connectivity index is 1.77. The normalized spacial score (nSPS) is 12.9. The number of carbonyl (C=O) groups excluding carboxylic acids is 2. The van der Waals surface area contributed by atoms with Crippen LogP contribution in [0.25, 0.3) is 6.08 Å². The highest BCUT2D eigenvalue weighted by Gasteiger charge is 2.27. The maximum Gasteiger partial charge on any atom is 0.341 e. The van der Waals surface area contributed by atoms with Crippen LogP contribution in [0.4, 0.5) is 5.00 Å². The van der Waals surface area contributed by atoms with Gasteiger partial charge in [-0.25, -0.2) is 4.79 Å². The summed E-state index contributed by atoms with van der Waals surface area (Å²) < 4.78 is 10.0. The van der Waals surface area contributed by atoms with Crippen molar-refractivity contribution in [1.29, 1.82) is 0 Å². The highest BCUT2D eigenvalue weighted by Crippen LogP contribution is 2.39. The number of fused-ring (bicyclic) bond motifs is 1. The number of benzene rings is 1. The molecule has 1 aromatic heterocycles. The molecule has 1 N–H and O–H groups in total. The summed E-state index contributed by atoms with van der Waals surface area (Å²) in [6.45, 7) is 0. The summed E-state index contributed by atoms with van der Waals surface area (Å²) in [6.07, 6.45) is 5.98. The van der Waals surface area contributed by atoms with Gasteiger partial charge in [0, 0.05) is 11.0 Å². The Morgan fingerprint density at radius 1 is 1.24 bits per heavy atom. The molecule has 6 heteroatoms. The number of aryl methyl sites for hydroxylation is 1. The Bertz CT molecular complexity index is 838. The third-order valence-electron chi connectivity index (χ3n) is 4.07. The molecular weight excluding hydrogens is 338 g/mol. The SMILES string of the molecule is COC(=O)c1c(NC(=O)/C=C/c2cccc(OC)c2)sc2c1CCC2. The van der Waals surface area contributed by atoms with Crippen LogP contribution < -0.4 is 10.1 Å². The minimum atomic E-state index is -0.397. The number of amides is 1. The minimum Gasteiger partial charge on any atom is -0.497 e. The first-order valence-electron chi connectivity index (χ1n) is 7.98. The molecule has 1 amide bonds. The average Bonchev–Trinajstić information content (AvgIpc) is 3.20. The molecule has 5 nitrogen and oxygen atoms in total. The summed E-state index contributed by atoms with van der Waals surface area (Å²) in [6, 6.07) is 7.41. The summed E-state index contributed by atoms with van der Waals surface area (Å²) in [7, 11) is 2.95. The van der Waals surface area contributed by atoms with Gasteiger partial charge in [-0.15, -0.1) is 11.3 Å². The zero-order valence-electron chi connectivity index (χ0n) is 14.1.